The molecule has 2 aromatic rings. The number of rotatable bonds is 6. The molecule has 0 radical (unpaired) electrons. The van der Waals surface area contributed by atoms with Crippen LogP contribution in [-0.2, 0) is 4.79 Å². The minimum atomic E-state index is -0.603. The first-order valence-electron chi connectivity index (χ1n) is 8.14. The summed E-state index contributed by atoms with van der Waals surface area (Å²) in [6.07, 6.45) is 1.38. The van der Waals surface area contributed by atoms with E-state index in [1.54, 1.807) is 12.1 Å². The number of halogens is 2. The van der Waals surface area contributed by atoms with Crippen molar-refractivity contribution in [2.75, 3.05) is 11.9 Å². The van der Waals surface area contributed by atoms with Gasteiger partial charge in [0.25, 0.3) is 5.91 Å². The third-order valence-corrected chi connectivity index (χ3v) is 3.89. The Morgan fingerprint density at radius 2 is 1.96 bits per heavy atom. The van der Waals surface area contributed by atoms with E-state index in [1.807, 2.05) is 19.9 Å². The molecule has 5 nitrogen and oxygen atoms in total. The maximum Gasteiger partial charge on any atom is 0.266 e. The Morgan fingerprint density at radius 3 is 2.56 bits per heavy atom. The van der Waals surface area contributed by atoms with Gasteiger partial charge in [0.2, 0.25) is 0 Å². The summed E-state index contributed by atoms with van der Waals surface area (Å²) in [7, 11) is 0. The first-order chi connectivity index (χ1) is 12.8. The van der Waals surface area contributed by atoms with Crippen LogP contribution in [0.2, 0.25) is 10.0 Å². The van der Waals surface area contributed by atoms with Crippen LogP contribution in [0.4, 0.5) is 5.69 Å². The molecule has 27 heavy (non-hydrogen) atoms. The van der Waals surface area contributed by atoms with Gasteiger partial charge in [-0.25, -0.2) is 0 Å². The molecule has 1 amide bonds. The maximum atomic E-state index is 12.4. The van der Waals surface area contributed by atoms with Crippen LogP contribution in [0.3, 0.4) is 0 Å². The first kappa shape index (κ1) is 20.6. The van der Waals surface area contributed by atoms with Crippen LogP contribution < -0.4 is 10.1 Å². The number of anilines is 1. The highest BCUT2D eigenvalue weighted by atomic mass is 35.5. The molecule has 0 atom stereocenters. The van der Waals surface area contributed by atoms with Crippen molar-refractivity contribution in [2.24, 2.45) is 5.92 Å². The molecule has 0 aliphatic heterocycles. The number of benzene rings is 2. The molecule has 0 saturated heterocycles. The second kappa shape index (κ2) is 9.31. The van der Waals surface area contributed by atoms with Gasteiger partial charge in [-0.15, -0.1) is 0 Å². The number of nitrogens with one attached hydrogen (secondary N) is 1. The quantitative estimate of drug-likeness (QED) is 0.389. The fourth-order valence-electron chi connectivity index (χ4n) is 2.14. The summed E-state index contributed by atoms with van der Waals surface area (Å²) in [6, 6.07) is 10.9. The molecule has 0 aliphatic carbocycles. The van der Waals surface area contributed by atoms with Crippen molar-refractivity contribution >= 4 is 40.9 Å². The van der Waals surface area contributed by atoms with E-state index >= 15 is 0 Å². The van der Waals surface area contributed by atoms with E-state index in [2.05, 4.69) is 5.32 Å². The molecule has 0 aromatic heterocycles. The number of carbonyl (C=O) groups is 1. The number of carbonyl (C=O) groups excluding carboxylic acids is 1. The third kappa shape index (κ3) is 5.92. The molecule has 2 aromatic carbocycles. The number of phenolic OH excluding ortho intramolecular Hbond substituents is 1. The Bertz CT molecular complexity index is 901. The summed E-state index contributed by atoms with van der Waals surface area (Å²) in [4.78, 5) is 12.4. The van der Waals surface area contributed by atoms with Gasteiger partial charge in [-0.2, -0.15) is 5.26 Å². The zero-order chi connectivity index (χ0) is 20.0. The molecule has 2 N–H and O–H groups in total. The highest BCUT2D eigenvalue weighted by Gasteiger charge is 2.15. The highest BCUT2D eigenvalue weighted by Crippen LogP contribution is 2.34. The van der Waals surface area contributed by atoms with Crippen molar-refractivity contribution in [1.29, 1.82) is 5.26 Å². The molecule has 7 heteroatoms. The van der Waals surface area contributed by atoms with Crippen molar-refractivity contribution in [3.8, 4) is 17.6 Å². The summed E-state index contributed by atoms with van der Waals surface area (Å²) in [5, 5.41) is 21.9. The lowest BCUT2D eigenvalue weighted by Gasteiger charge is -2.14. The van der Waals surface area contributed by atoms with Crippen LogP contribution in [-0.4, -0.2) is 17.6 Å². The van der Waals surface area contributed by atoms with Gasteiger partial charge in [0.05, 0.1) is 11.6 Å². The lowest BCUT2D eigenvalue weighted by atomic mass is 10.1. The van der Waals surface area contributed by atoms with Crippen LogP contribution in [0.25, 0.3) is 6.08 Å². The number of hydrogen-bond acceptors (Lipinski definition) is 4. The van der Waals surface area contributed by atoms with E-state index in [-0.39, 0.29) is 17.2 Å². The smallest absolute Gasteiger partial charge is 0.266 e. The van der Waals surface area contributed by atoms with Gasteiger partial charge in [-0.3, -0.25) is 4.79 Å². The predicted molar refractivity (Wildman–Crippen MR) is 107 cm³/mol. The normalized spacial score (nSPS) is 11.2. The SMILES string of the molecule is CC(C)COc1c(Cl)cc(Cl)cc1/C=C(\C#N)C(=O)Nc1ccc(O)cc1. The molecule has 0 spiro atoms. The van der Waals surface area contributed by atoms with Gasteiger partial charge in [0, 0.05) is 16.3 Å². The second-order valence-electron chi connectivity index (χ2n) is 6.18. The molecular formula is C20H18Cl2N2O3. The predicted octanol–water partition coefficient (Wildman–Crippen LogP) is 5.28. The monoisotopic (exact) mass is 404 g/mol. The fraction of sp³-hybridized carbons (Fsp3) is 0.200. The molecule has 0 aliphatic rings. The average Bonchev–Trinajstić information content (AvgIpc) is 2.60. The van der Waals surface area contributed by atoms with Crippen molar-refractivity contribution in [1.82, 2.24) is 0 Å². The van der Waals surface area contributed by atoms with E-state index in [1.165, 1.54) is 30.3 Å². The van der Waals surface area contributed by atoms with Crippen LogP contribution in [0, 0.1) is 17.2 Å². The summed E-state index contributed by atoms with van der Waals surface area (Å²) >= 11 is 12.3. The van der Waals surface area contributed by atoms with Crippen molar-refractivity contribution in [2.45, 2.75) is 13.8 Å². The van der Waals surface area contributed by atoms with Crippen LogP contribution >= 0.6 is 23.2 Å². The van der Waals surface area contributed by atoms with Crippen LogP contribution in [0.15, 0.2) is 42.0 Å². The summed E-state index contributed by atoms with van der Waals surface area (Å²) < 4.78 is 5.74. The molecule has 2 rings (SSSR count). The Hall–Kier alpha value is -2.68. The number of ether oxygens (including phenoxy) is 1. The fourth-order valence-corrected chi connectivity index (χ4v) is 2.70. The standard InChI is InChI=1S/C20H18Cl2N2O3/c1-12(2)11-27-19-13(8-15(21)9-18(19)22)7-14(10-23)20(26)24-16-3-5-17(25)6-4-16/h3-9,12,25H,11H2,1-2H3,(H,24,26)/b14-7+. The first-order valence-corrected chi connectivity index (χ1v) is 8.89. The number of hydrogen-bond donors (Lipinski definition) is 2. The largest absolute Gasteiger partial charge is 0.508 e. The molecule has 0 fully saturated rings. The highest BCUT2D eigenvalue weighted by molar-refractivity contribution is 6.36. The Balaban J connectivity index is 2.34. The third-order valence-electron chi connectivity index (χ3n) is 3.39. The molecule has 0 bridgehead atoms. The number of nitrogens with zero attached hydrogens (tertiary/aromatic N) is 1. The molecule has 140 valence electrons. The summed E-state index contributed by atoms with van der Waals surface area (Å²) in [5.74, 6) is 0.0976. The zero-order valence-electron chi connectivity index (χ0n) is 14.8. The van der Waals surface area contributed by atoms with Gasteiger partial charge < -0.3 is 15.2 Å². The summed E-state index contributed by atoms with van der Waals surface area (Å²) in [5.41, 5.74) is 0.737. The Kier molecular flexibility index (Phi) is 7.12. The number of aromatic hydroxyl groups is 1. The maximum absolute atomic E-state index is 12.4. The van der Waals surface area contributed by atoms with Crippen molar-refractivity contribution in [3.05, 3.63) is 57.6 Å². The van der Waals surface area contributed by atoms with E-state index in [0.29, 0.717) is 33.7 Å². The number of phenols is 1. The van der Waals surface area contributed by atoms with E-state index in [9.17, 15) is 15.2 Å². The molecule has 0 unspecified atom stereocenters. The average molecular weight is 405 g/mol. The lowest BCUT2D eigenvalue weighted by molar-refractivity contribution is -0.112. The Labute approximate surface area is 167 Å². The molecule has 0 saturated carbocycles. The minimum absolute atomic E-state index is 0.0737. The van der Waals surface area contributed by atoms with E-state index in [0.717, 1.165) is 0 Å². The second-order valence-corrected chi connectivity index (χ2v) is 7.03. The Morgan fingerprint density at radius 1 is 1.30 bits per heavy atom. The van der Waals surface area contributed by atoms with Crippen LogP contribution in [0.1, 0.15) is 19.4 Å². The van der Waals surface area contributed by atoms with Gasteiger partial charge in [0.1, 0.15) is 23.1 Å². The number of amides is 1. The topological polar surface area (TPSA) is 82.3 Å². The van der Waals surface area contributed by atoms with E-state index in [4.69, 9.17) is 27.9 Å². The van der Waals surface area contributed by atoms with Crippen molar-refractivity contribution in [3.63, 3.8) is 0 Å². The van der Waals surface area contributed by atoms with Crippen molar-refractivity contribution < 1.29 is 14.6 Å². The van der Waals surface area contributed by atoms with E-state index < -0.39 is 5.91 Å². The van der Waals surface area contributed by atoms with Gasteiger partial charge in [0.15, 0.2) is 0 Å². The van der Waals surface area contributed by atoms with Gasteiger partial charge in [-0.1, -0.05) is 37.0 Å². The molecular weight excluding hydrogens is 387 g/mol. The molecule has 0 heterocycles. The minimum Gasteiger partial charge on any atom is -0.508 e. The number of nitriles is 1. The van der Waals surface area contributed by atoms with Gasteiger partial charge >= 0.3 is 0 Å². The van der Waals surface area contributed by atoms with Gasteiger partial charge in [-0.05, 0) is 48.4 Å². The van der Waals surface area contributed by atoms with Crippen LogP contribution in [0.5, 0.6) is 11.5 Å². The lowest BCUT2D eigenvalue weighted by Crippen LogP contribution is -2.13. The zero-order valence-corrected chi connectivity index (χ0v) is 16.3. The summed E-state index contributed by atoms with van der Waals surface area (Å²) in [6.45, 7) is 4.40.